The zero-order valence-corrected chi connectivity index (χ0v) is 7.04. The van der Waals surface area contributed by atoms with Crippen molar-refractivity contribution in [2.45, 2.75) is 12.3 Å². The summed E-state index contributed by atoms with van der Waals surface area (Å²) < 4.78 is 26.2. The van der Waals surface area contributed by atoms with E-state index in [0.29, 0.717) is 0 Å². The van der Waals surface area contributed by atoms with E-state index in [0.717, 1.165) is 0 Å². The highest BCUT2D eigenvalue weighted by atomic mass is 19.1. The molecular formula is C10H6F2O2. The van der Waals surface area contributed by atoms with Gasteiger partial charge in [-0.25, -0.2) is 8.78 Å². The van der Waals surface area contributed by atoms with Crippen molar-refractivity contribution in [1.29, 1.82) is 0 Å². The first-order valence-electron chi connectivity index (χ1n) is 4.08. The van der Waals surface area contributed by atoms with Crippen LogP contribution >= 0.6 is 0 Å². The van der Waals surface area contributed by atoms with Crippen LogP contribution in [0.2, 0.25) is 0 Å². The highest BCUT2D eigenvalue weighted by molar-refractivity contribution is 6.18. The standard InChI is InChI=1S/C10H6F2O2/c11-7-5-3-1-2-4-6(5)9(13)8(12)10(7)14/h1-4,7-8H/t7-,8+/m0/s1. The molecule has 0 radical (unpaired) electrons. The number of rotatable bonds is 0. The summed E-state index contributed by atoms with van der Waals surface area (Å²) in [5, 5.41) is 0. The van der Waals surface area contributed by atoms with Gasteiger partial charge in [0.25, 0.3) is 0 Å². The Balaban J connectivity index is 2.62. The van der Waals surface area contributed by atoms with Gasteiger partial charge in [0.15, 0.2) is 6.17 Å². The summed E-state index contributed by atoms with van der Waals surface area (Å²) in [4.78, 5) is 22.1. The van der Waals surface area contributed by atoms with Gasteiger partial charge >= 0.3 is 0 Å². The molecule has 0 N–H and O–H groups in total. The molecule has 0 aliphatic heterocycles. The third-order valence-electron chi connectivity index (χ3n) is 2.23. The van der Waals surface area contributed by atoms with Crippen molar-refractivity contribution in [1.82, 2.24) is 0 Å². The van der Waals surface area contributed by atoms with Crippen molar-refractivity contribution >= 4 is 11.6 Å². The summed E-state index contributed by atoms with van der Waals surface area (Å²) >= 11 is 0. The maximum Gasteiger partial charge on any atom is 0.224 e. The molecule has 4 heteroatoms. The van der Waals surface area contributed by atoms with Gasteiger partial charge in [-0.3, -0.25) is 9.59 Å². The second-order valence-corrected chi connectivity index (χ2v) is 3.08. The average Bonchev–Trinajstić information content (AvgIpc) is 2.23. The number of hydrogen-bond acceptors (Lipinski definition) is 2. The largest absolute Gasteiger partial charge is 0.292 e. The molecular weight excluding hydrogens is 190 g/mol. The fourth-order valence-electron chi connectivity index (χ4n) is 1.49. The van der Waals surface area contributed by atoms with Crippen molar-refractivity contribution in [3.8, 4) is 0 Å². The van der Waals surface area contributed by atoms with Gasteiger partial charge in [-0.15, -0.1) is 0 Å². The minimum absolute atomic E-state index is 0.0311. The summed E-state index contributed by atoms with van der Waals surface area (Å²) in [6.45, 7) is 0. The van der Waals surface area contributed by atoms with Crippen LogP contribution in [-0.4, -0.2) is 17.7 Å². The fraction of sp³-hybridized carbons (Fsp3) is 0.200. The Labute approximate surface area is 78.5 Å². The molecule has 0 saturated carbocycles. The molecule has 72 valence electrons. The van der Waals surface area contributed by atoms with Crippen molar-refractivity contribution in [3.63, 3.8) is 0 Å². The van der Waals surface area contributed by atoms with Gasteiger partial charge in [0, 0.05) is 11.1 Å². The van der Waals surface area contributed by atoms with Crippen LogP contribution in [-0.2, 0) is 4.79 Å². The molecule has 1 aliphatic carbocycles. The van der Waals surface area contributed by atoms with Crippen LogP contribution < -0.4 is 0 Å². The minimum Gasteiger partial charge on any atom is -0.292 e. The van der Waals surface area contributed by atoms with Gasteiger partial charge in [0.05, 0.1) is 0 Å². The second kappa shape index (κ2) is 2.97. The highest BCUT2D eigenvalue weighted by Gasteiger charge is 2.41. The lowest BCUT2D eigenvalue weighted by Gasteiger charge is -2.19. The maximum atomic E-state index is 13.3. The molecule has 0 bridgehead atoms. The molecule has 0 amide bonds. The van der Waals surface area contributed by atoms with Crippen molar-refractivity contribution in [3.05, 3.63) is 35.4 Å². The molecule has 2 nitrogen and oxygen atoms in total. The van der Waals surface area contributed by atoms with Crippen molar-refractivity contribution in [2.24, 2.45) is 0 Å². The topological polar surface area (TPSA) is 34.1 Å². The monoisotopic (exact) mass is 196 g/mol. The van der Waals surface area contributed by atoms with Crippen LogP contribution in [0.5, 0.6) is 0 Å². The van der Waals surface area contributed by atoms with Crippen LogP contribution in [0.15, 0.2) is 24.3 Å². The summed E-state index contributed by atoms with van der Waals surface area (Å²) in [7, 11) is 0. The number of fused-ring (bicyclic) bond motifs is 1. The SMILES string of the molecule is O=C1c2ccccc2[C@H](F)C(=O)[C@@H]1F. The molecule has 2 atom stereocenters. The van der Waals surface area contributed by atoms with Crippen LogP contribution in [0.1, 0.15) is 22.1 Å². The van der Waals surface area contributed by atoms with E-state index in [1.807, 2.05) is 0 Å². The van der Waals surface area contributed by atoms with Gasteiger partial charge in [0.1, 0.15) is 0 Å². The van der Waals surface area contributed by atoms with Crippen LogP contribution in [0.25, 0.3) is 0 Å². The number of ketones is 2. The van der Waals surface area contributed by atoms with E-state index in [1.165, 1.54) is 24.3 Å². The zero-order chi connectivity index (χ0) is 10.3. The number of benzene rings is 1. The molecule has 0 saturated heterocycles. The van der Waals surface area contributed by atoms with Crippen molar-refractivity contribution in [2.75, 3.05) is 0 Å². The van der Waals surface area contributed by atoms with E-state index < -0.39 is 23.9 Å². The molecule has 0 unspecified atom stereocenters. The molecule has 0 spiro atoms. The van der Waals surface area contributed by atoms with Gasteiger partial charge < -0.3 is 0 Å². The van der Waals surface area contributed by atoms with E-state index in [-0.39, 0.29) is 11.1 Å². The Bertz CT molecular complexity index is 414. The Kier molecular flexibility index (Phi) is 1.91. The number of halogens is 2. The molecule has 1 aliphatic rings. The molecule has 14 heavy (non-hydrogen) atoms. The van der Waals surface area contributed by atoms with E-state index in [2.05, 4.69) is 0 Å². The van der Waals surface area contributed by atoms with Crippen molar-refractivity contribution < 1.29 is 18.4 Å². The van der Waals surface area contributed by atoms with Gasteiger partial charge in [-0.2, -0.15) is 0 Å². The third kappa shape index (κ3) is 1.07. The first-order valence-corrected chi connectivity index (χ1v) is 4.08. The quantitative estimate of drug-likeness (QED) is 0.593. The molecule has 1 aromatic carbocycles. The smallest absolute Gasteiger partial charge is 0.224 e. The first kappa shape index (κ1) is 8.99. The lowest BCUT2D eigenvalue weighted by Crippen LogP contribution is -2.35. The molecule has 1 aromatic rings. The van der Waals surface area contributed by atoms with E-state index in [9.17, 15) is 18.4 Å². The highest BCUT2D eigenvalue weighted by Crippen LogP contribution is 2.31. The average molecular weight is 196 g/mol. The number of hydrogen-bond donors (Lipinski definition) is 0. The Morgan fingerprint density at radius 3 is 2.36 bits per heavy atom. The second-order valence-electron chi connectivity index (χ2n) is 3.08. The molecule has 0 aromatic heterocycles. The minimum atomic E-state index is -2.35. The van der Waals surface area contributed by atoms with Gasteiger partial charge in [-0.05, 0) is 0 Å². The normalized spacial score (nSPS) is 26.1. The number of carbonyl (C=O) groups is 2. The van der Waals surface area contributed by atoms with Gasteiger partial charge in [-0.1, -0.05) is 24.3 Å². The van der Waals surface area contributed by atoms with Gasteiger partial charge in [0.2, 0.25) is 17.7 Å². The summed E-state index contributed by atoms with van der Waals surface area (Å²) in [6, 6.07) is 5.65. The Morgan fingerprint density at radius 1 is 1.00 bits per heavy atom. The number of carbonyl (C=O) groups excluding carboxylic acids is 2. The number of alkyl halides is 2. The molecule has 0 fully saturated rings. The summed E-state index contributed by atoms with van der Waals surface area (Å²) in [5.41, 5.74) is -0.0662. The summed E-state index contributed by atoms with van der Waals surface area (Å²) in [6.07, 6.45) is -4.36. The molecule has 0 heterocycles. The lowest BCUT2D eigenvalue weighted by molar-refractivity contribution is -0.127. The van der Waals surface area contributed by atoms with E-state index >= 15 is 0 Å². The van der Waals surface area contributed by atoms with E-state index in [4.69, 9.17) is 0 Å². The predicted octanol–water partition coefficient (Wildman–Crippen LogP) is 1.80. The third-order valence-corrected chi connectivity index (χ3v) is 2.23. The maximum absolute atomic E-state index is 13.3. The van der Waals surface area contributed by atoms with E-state index in [1.54, 1.807) is 0 Å². The first-order chi connectivity index (χ1) is 6.63. The lowest BCUT2D eigenvalue weighted by atomic mass is 9.87. The molecule has 2 rings (SSSR count). The Hall–Kier alpha value is -1.58. The fourth-order valence-corrected chi connectivity index (χ4v) is 1.49. The van der Waals surface area contributed by atoms with Crippen LogP contribution in [0.3, 0.4) is 0 Å². The Morgan fingerprint density at radius 2 is 1.64 bits per heavy atom. The number of Topliss-reactive ketones (excluding diaryl/α,β-unsaturated/α-hetero) is 2. The van der Waals surface area contributed by atoms with Crippen LogP contribution in [0.4, 0.5) is 8.78 Å². The van der Waals surface area contributed by atoms with Crippen LogP contribution in [0, 0.1) is 0 Å². The summed E-state index contributed by atoms with van der Waals surface area (Å²) in [5.74, 6) is -2.24. The predicted molar refractivity (Wildman–Crippen MR) is 44.5 cm³/mol. The zero-order valence-electron chi connectivity index (χ0n) is 7.04.